The normalized spacial score (nSPS) is 18.1. The van der Waals surface area contributed by atoms with Crippen LogP contribution in [0.3, 0.4) is 0 Å². The van der Waals surface area contributed by atoms with E-state index >= 15 is 0 Å². The van der Waals surface area contributed by atoms with Crippen molar-refractivity contribution in [3.05, 3.63) is 10.4 Å². The third-order valence-corrected chi connectivity index (χ3v) is 4.98. The van der Waals surface area contributed by atoms with Crippen LogP contribution in [-0.4, -0.2) is 43.9 Å². The average Bonchev–Trinajstić information content (AvgIpc) is 2.67. The Bertz CT molecular complexity index is 440. The first kappa shape index (κ1) is 13.9. The molecule has 0 atom stereocenters. The lowest BCUT2D eigenvalue weighted by Crippen LogP contribution is -2.46. The van der Waals surface area contributed by atoms with Gasteiger partial charge in [0.1, 0.15) is 0 Å². The summed E-state index contributed by atoms with van der Waals surface area (Å²) in [6.07, 6.45) is 0. The van der Waals surface area contributed by atoms with E-state index < -0.39 is 10.0 Å². The van der Waals surface area contributed by atoms with Crippen LogP contribution >= 0.6 is 23.7 Å². The molecule has 0 saturated carbocycles. The van der Waals surface area contributed by atoms with Crippen LogP contribution in [0.15, 0.2) is 10.4 Å². The Kier molecular flexibility index (Phi) is 4.69. The molecule has 1 aromatic heterocycles. The topological polar surface area (TPSA) is 62.3 Å². The van der Waals surface area contributed by atoms with Gasteiger partial charge < -0.3 is 5.32 Å². The van der Waals surface area contributed by atoms with E-state index in [9.17, 15) is 8.42 Å². The predicted octanol–water partition coefficient (Wildman–Crippen LogP) is 0.467. The molecule has 8 heteroatoms. The zero-order valence-corrected chi connectivity index (χ0v) is 11.3. The van der Waals surface area contributed by atoms with Crippen molar-refractivity contribution in [3.63, 3.8) is 0 Å². The fraction of sp³-hybridized carbons (Fsp3) is 0.625. The average molecular weight is 284 g/mol. The van der Waals surface area contributed by atoms with Gasteiger partial charge in [-0.15, -0.1) is 23.7 Å². The molecular weight excluding hydrogens is 270 g/mol. The second-order valence-corrected chi connectivity index (χ2v) is 6.31. The first-order valence-electron chi connectivity index (χ1n) is 4.74. The highest BCUT2D eigenvalue weighted by atomic mass is 35.5. The van der Waals surface area contributed by atoms with Crippen molar-refractivity contribution in [3.8, 4) is 0 Å². The highest BCUT2D eigenvalue weighted by Gasteiger charge is 2.27. The highest BCUT2D eigenvalue weighted by Crippen LogP contribution is 2.18. The number of aromatic nitrogens is 1. The molecular formula is C8H14ClN3O2S2. The standard InChI is InChI=1S/C8H13N3O2S2.ClH/c1-7-10-8(6-14-7)15(12,13)11-4-2-9-3-5-11;/h6,9H,2-5H2,1H3;1H. The number of nitrogens with zero attached hydrogens (tertiary/aromatic N) is 2. The molecule has 0 aromatic carbocycles. The van der Waals surface area contributed by atoms with Gasteiger partial charge in [-0.05, 0) is 6.92 Å². The van der Waals surface area contributed by atoms with E-state index in [4.69, 9.17) is 0 Å². The van der Waals surface area contributed by atoms with Gasteiger partial charge in [0.15, 0.2) is 5.03 Å². The van der Waals surface area contributed by atoms with Crippen LogP contribution in [-0.2, 0) is 10.0 Å². The molecule has 1 N–H and O–H groups in total. The lowest BCUT2D eigenvalue weighted by Gasteiger charge is -2.25. The molecule has 0 radical (unpaired) electrons. The number of aryl methyl sites for hydroxylation is 1. The number of sulfonamides is 1. The summed E-state index contributed by atoms with van der Waals surface area (Å²) in [5.74, 6) is 0. The Balaban J connectivity index is 0.00000128. The van der Waals surface area contributed by atoms with Crippen LogP contribution in [0.2, 0.25) is 0 Å². The van der Waals surface area contributed by atoms with E-state index in [-0.39, 0.29) is 17.4 Å². The minimum Gasteiger partial charge on any atom is -0.314 e. The van der Waals surface area contributed by atoms with Crippen molar-refractivity contribution in [1.82, 2.24) is 14.6 Å². The monoisotopic (exact) mass is 283 g/mol. The maximum absolute atomic E-state index is 12.0. The Morgan fingerprint density at radius 1 is 1.44 bits per heavy atom. The molecule has 0 bridgehead atoms. The Morgan fingerprint density at radius 3 is 2.56 bits per heavy atom. The van der Waals surface area contributed by atoms with Crippen LogP contribution in [0.1, 0.15) is 5.01 Å². The van der Waals surface area contributed by atoms with Gasteiger partial charge in [-0.3, -0.25) is 0 Å². The molecule has 2 rings (SSSR count). The maximum Gasteiger partial charge on any atom is 0.261 e. The molecule has 2 heterocycles. The summed E-state index contributed by atoms with van der Waals surface area (Å²) in [6.45, 7) is 4.28. The summed E-state index contributed by atoms with van der Waals surface area (Å²) in [4.78, 5) is 4.03. The predicted molar refractivity (Wildman–Crippen MR) is 65.7 cm³/mol. The van der Waals surface area contributed by atoms with E-state index in [0.29, 0.717) is 26.2 Å². The van der Waals surface area contributed by atoms with Crippen molar-refractivity contribution in [2.24, 2.45) is 0 Å². The molecule has 0 amide bonds. The Labute approximate surface area is 105 Å². The number of rotatable bonds is 2. The van der Waals surface area contributed by atoms with Crippen molar-refractivity contribution in [2.45, 2.75) is 11.9 Å². The molecule has 16 heavy (non-hydrogen) atoms. The highest BCUT2D eigenvalue weighted by molar-refractivity contribution is 7.89. The third kappa shape index (κ3) is 2.72. The molecule has 0 aliphatic carbocycles. The summed E-state index contributed by atoms with van der Waals surface area (Å²) in [5, 5.41) is 5.69. The fourth-order valence-corrected chi connectivity index (χ4v) is 3.82. The number of halogens is 1. The second-order valence-electron chi connectivity index (χ2n) is 3.36. The van der Waals surface area contributed by atoms with Gasteiger partial charge in [-0.1, -0.05) is 0 Å². The van der Waals surface area contributed by atoms with Gasteiger partial charge >= 0.3 is 0 Å². The summed E-state index contributed by atoms with van der Waals surface area (Å²) in [5.41, 5.74) is 0. The lowest BCUT2D eigenvalue weighted by molar-refractivity contribution is 0.359. The van der Waals surface area contributed by atoms with E-state index in [0.717, 1.165) is 5.01 Å². The first-order chi connectivity index (χ1) is 7.10. The number of hydrogen-bond donors (Lipinski definition) is 1. The Hall–Kier alpha value is -0.210. The van der Waals surface area contributed by atoms with Gasteiger partial charge in [0.05, 0.1) is 5.01 Å². The summed E-state index contributed by atoms with van der Waals surface area (Å²) in [6, 6.07) is 0. The van der Waals surface area contributed by atoms with Gasteiger partial charge in [0.2, 0.25) is 0 Å². The van der Waals surface area contributed by atoms with Gasteiger partial charge in [-0.25, -0.2) is 13.4 Å². The lowest BCUT2D eigenvalue weighted by atomic mass is 10.4. The molecule has 92 valence electrons. The number of hydrogen-bond acceptors (Lipinski definition) is 5. The molecule has 1 aliphatic rings. The zero-order chi connectivity index (χ0) is 10.9. The number of thiazole rings is 1. The zero-order valence-electron chi connectivity index (χ0n) is 8.84. The smallest absolute Gasteiger partial charge is 0.261 e. The third-order valence-electron chi connectivity index (χ3n) is 2.28. The maximum atomic E-state index is 12.0. The van der Waals surface area contributed by atoms with Crippen LogP contribution in [0.4, 0.5) is 0 Å². The first-order valence-corrected chi connectivity index (χ1v) is 7.06. The number of nitrogens with one attached hydrogen (secondary N) is 1. The van der Waals surface area contributed by atoms with E-state index in [1.165, 1.54) is 15.6 Å². The van der Waals surface area contributed by atoms with Crippen LogP contribution in [0.25, 0.3) is 0 Å². The van der Waals surface area contributed by atoms with E-state index in [1.54, 1.807) is 12.3 Å². The summed E-state index contributed by atoms with van der Waals surface area (Å²) >= 11 is 1.36. The molecule has 5 nitrogen and oxygen atoms in total. The summed E-state index contributed by atoms with van der Waals surface area (Å²) < 4.78 is 25.6. The SMILES string of the molecule is Cc1nc(S(=O)(=O)N2CCNCC2)cs1.Cl. The molecule has 1 fully saturated rings. The largest absolute Gasteiger partial charge is 0.314 e. The van der Waals surface area contributed by atoms with Gasteiger partial charge in [0, 0.05) is 31.6 Å². The molecule has 0 unspecified atom stereocenters. The van der Waals surface area contributed by atoms with Crippen LogP contribution in [0, 0.1) is 6.92 Å². The van der Waals surface area contributed by atoms with Crippen molar-refractivity contribution < 1.29 is 8.42 Å². The quantitative estimate of drug-likeness (QED) is 0.857. The molecule has 1 saturated heterocycles. The molecule has 0 spiro atoms. The van der Waals surface area contributed by atoms with E-state index in [2.05, 4.69) is 10.3 Å². The molecule has 1 aromatic rings. The number of piperazine rings is 1. The summed E-state index contributed by atoms with van der Waals surface area (Å²) in [7, 11) is -3.35. The Morgan fingerprint density at radius 2 is 2.06 bits per heavy atom. The van der Waals surface area contributed by atoms with Crippen molar-refractivity contribution in [2.75, 3.05) is 26.2 Å². The van der Waals surface area contributed by atoms with Gasteiger partial charge in [0.25, 0.3) is 10.0 Å². The minimum absolute atomic E-state index is 0. The second kappa shape index (κ2) is 5.42. The fourth-order valence-electron chi connectivity index (χ4n) is 1.48. The van der Waals surface area contributed by atoms with Crippen LogP contribution < -0.4 is 5.32 Å². The van der Waals surface area contributed by atoms with E-state index in [1.807, 2.05) is 0 Å². The minimum atomic E-state index is -3.35. The van der Waals surface area contributed by atoms with Gasteiger partial charge in [-0.2, -0.15) is 4.31 Å². The van der Waals surface area contributed by atoms with Crippen molar-refractivity contribution >= 4 is 33.8 Å². The van der Waals surface area contributed by atoms with Crippen LogP contribution in [0.5, 0.6) is 0 Å². The van der Waals surface area contributed by atoms with Crippen molar-refractivity contribution in [1.29, 1.82) is 0 Å². The molecule has 1 aliphatic heterocycles.